The van der Waals surface area contributed by atoms with Gasteiger partial charge in [-0.2, -0.15) is 0 Å². The summed E-state index contributed by atoms with van der Waals surface area (Å²) in [6.07, 6.45) is 0. The third kappa shape index (κ3) is 4.78. The average molecular weight is 718 g/mol. The van der Waals surface area contributed by atoms with E-state index in [1.807, 2.05) is 12.1 Å². The van der Waals surface area contributed by atoms with Crippen molar-refractivity contribution in [2.75, 3.05) is 4.90 Å². The first-order chi connectivity index (χ1) is 27.7. The molecule has 0 bridgehead atoms. The lowest BCUT2D eigenvalue weighted by atomic mass is 10.0. The van der Waals surface area contributed by atoms with Gasteiger partial charge in [-0.15, -0.1) is 0 Å². The molecule has 0 amide bonds. The molecule has 5 nitrogen and oxygen atoms in total. The summed E-state index contributed by atoms with van der Waals surface area (Å²) in [6.45, 7) is 0. The van der Waals surface area contributed by atoms with Crippen molar-refractivity contribution in [1.82, 2.24) is 9.55 Å². The van der Waals surface area contributed by atoms with Crippen LogP contribution in [0.4, 0.5) is 17.1 Å². The lowest BCUT2D eigenvalue weighted by molar-refractivity contribution is 0.669. The molecule has 0 atom stereocenters. The average Bonchev–Trinajstić information content (AvgIpc) is 3.93. The maximum atomic E-state index is 6.58. The number of furan rings is 2. The van der Waals surface area contributed by atoms with Crippen molar-refractivity contribution in [2.45, 2.75) is 0 Å². The third-order valence-corrected chi connectivity index (χ3v) is 11.1. The standard InChI is InChI=1S/C51H31N3O2/c1-2-14-37(15-3-1)54-46-17-9-8-16-45(46)52-51(54)32-18-20-38(21-19-32)53(39-22-24-41-43-26-33-10-4-6-12-35(33)28-47(43)55-49(41)30-39)40-23-25-42-44-27-34-11-5-7-13-36(34)29-48(44)56-50(42)31-40/h1-31H. The topological polar surface area (TPSA) is 47.3 Å². The molecule has 0 fully saturated rings. The fraction of sp³-hybridized carbons (Fsp3) is 0. The van der Waals surface area contributed by atoms with Gasteiger partial charge in [0.1, 0.15) is 28.2 Å². The SMILES string of the molecule is c1ccc(-n2c(-c3ccc(N(c4ccc5c(c4)oc4cc6ccccc6cc45)c4ccc5c(c4)oc4cc6ccccc6cc45)cc3)nc3ccccc32)cc1. The van der Waals surface area contributed by atoms with E-state index in [2.05, 4.69) is 185 Å². The fourth-order valence-corrected chi connectivity index (χ4v) is 8.44. The van der Waals surface area contributed by atoms with Crippen LogP contribution < -0.4 is 4.90 Å². The molecule has 0 radical (unpaired) electrons. The van der Waals surface area contributed by atoms with Crippen LogP contribution in [0.2, 0.25) is 0 Å². The van der Waals surface area contributed by atoms with Crippen molar-refractivity contribution in [1.29, 1.82) is 0 Å². The van der Waals surface area contributed by atoms with Gasteiger partial charge in [0, 0.05) is 62.0 Å². The zero-order valence-corrected chi connectivity index (χ0v) is 30.1. The normalized spacial score (nSPS) is 11.9. The smallest absolute Gasteiger partial charge is 0.145 e. The van der Waals surface area contributed by atoms with Gasteiger partial charge in [0.2, 0.25) is 0 Å². The first-order valence-corrected chi connectivity index (χ1v) is 18.9. The molecule has 3 heterocycles. The number of hydrogen-bond acceptors (Lipinski definition) is 4. The zero-order chi connectivity index (χ0) is 36.7. The first-order valence-electron chi connectivity index (χ1n) is 18.9. The van der Waals surface area contributed by atoms with Gasteiger partial charge in [0.05, 0.1) is 11.0 Å². The number of aromatic nitrogens is 2. The lowest BCUT2D eigenvalue weighted by Crippen LogP contribution is -2.09. The molecule has 262 valence electrons. The van der Waals surface area contributed by atoms with E-state index < -0.39 is 0 Å². The molecule has 5 heteroatoms. The van der Waals surface area contributed by atoms with Gasteiger partial charge in [-0.05, 0) is 119 Å². The molecule has 0 spiro atoms. The van der Waals surface area contributed by atoms with Crippen LogP contribution in [-0.4, -0.2) is 9.55 Å². The molecule has 0 unspecified atom stereocenters. The maximum Gasteiger partial charge on any atom is 0.145 e. The summed E-state index contributed by atoms with van der Waals surface area (Å²) in [5.41, 5.74) is 10.5. The minimum absolute atomic E-state index is 0.836. The van der Waals surface area contributed by atoms with Gasteiger partial charge < -0.3 is 13.7 Å². The quantitative estimate of drug-likeness (QED) is 0.178. The van der Waals surface area contributed by atoms with Crippen LogP contribution in [0.15, 0.2) is 197 Å². The predicted octanol–water partition coefficient (Wildman–Crippen LogP) is 14.3. The summed E-state index contributed by atoms with van der Waals surface area (Å²) in [7, 11) is 0. The maximum absolute atomic E-state index is 6.58. The molecule has 3 aromatic heterocycles. The molecule has 9 aromatic carbocycles. The summed E-state index contributed by atoms with van der Waals surface area (Å²) in [4.78, 5) is 7.40. The Labute approximate surface area is 320 Å². The molecule has 12 rings (SSSR count). The Morgan fingerprint density at radius 2 is 0.875 bits per heavy atom. The molecule has 0 aliphatic rings. The van der Waals surface area contributed by atoms with Gasteiger partial charge in [-0.3, -0.25) is 4.57 Å². The van der Waals surface area contributed by atoms with E-state index in [9.17, 15) is 0 Å². The Morgan fingerprint density at radius 3 is 1.46 bits per heavy atom. The highest BCUT2D eigenvalue weighted by atomic mass is 16.3. The Morgan fingerprint density at radius 1 is 0.393 bits per heavy atom. The number of fused-ring (bicyclic) bond motifs is 9. The van der Waals surface area contributed by atoms with Crippen molar-refractivity contribution in [3.05, 3.63) is 188 Å². The minimum Gasteiger partial charge on any atom is -0.456 e. The van der Waals surface area contributed by atoms with Gasteiger partial charge in [-0.1, -0.05) is 78.9 Å². The lowest BCUT2D eigenvalue weighted by Gasteiger charge is -2.25. The van der Waals surface area contributed by atoms with Crippen LogP contribution in [-0.2, 0) is 0 Å². The number of hydrogen-bond donors (Lipinski definition) is 0. The van der Waals surface area contributed by atoms with Crippen molar-refractivity contribution < 1.29 is 8.83 Å². The summed E-state index contributed by atoms with van der Waals surface area (Å²) in [5.74, 6) is 0.891. The van der Waals surface area contributed by atoms with Crippen molar-refractivity contribution in [3.8, 4) is 17.1 Å². The van der Waals surface area contributed by atoms with Crippen LogP contribution in [0.1, 0.15) is 0 Å². The monoisotopic (exact) mass is 717 g/mol. The molecule has 12 aromatic rings. The molecule has 0 aliphatic carbocycles. The van der Waals surface area contributed by atoms with Crippen molar-refractivity contribution in [2.24, 2.45) is 0 Å². The van der Waals surface area contributed by atoms with Crippen LogP contribution in [0.25, 0.3) is 93.5 Å². The Bertz CT molecular complexity index is 3330. The number of rotatable bonds is 5. The van der Waals surface area contributed by atoms with Gasteiger partial charge in [0.15, 0.2) is 0 Å². The third-order valence-electron chi connectivity index (χ3n) is 11.1. The highest BCUT2D eigenvalue weighted by molar-refractivity contribution is 6.12. The predicted molar refractivity (Wildman–Crippen MR) is 231 cm³/mol. The number of imidazole rings is 1. The van der Waals surface area contributed by atoms with Crippen LogP contribution in [0.3, 0.4) is 0 Å². The molecule has 56 heavy (non-hydrogen) atoms. The number of benzene rings is 9. The van der Waals surface area contributed by atoms with Crippen LogP contribution in [0.5, 0.6) is 0 Å². The van der Waals surface area contributed by atoms with E-state index in [0.29, 0.717) is 0 Å². The Balaban J connectivity index is 1.03. The zero-order valence-electron chi connectivity index (χ0n) is 30.1. The van der Waals surface area contributed by atoms with Gasteiger partial charge in [0.25, 0.3) is 0 Å². The van der Waals surface area contributed by atoms with E-state index in [0.717, 1.165) is 99.8 Å². The van der Waals surface area contributed by atoms with Crippen LogP contribution in [0, 0.1) is 0 Å². The summed E-state index contributed by atoms with van der Waals surface area (Å²) in [5, 5.41) is 9.11. The molecular weight excluding hydrogens is 687 g/mol. The van der Waals surface area contributed by atoms with E-state index in [1.54, 1.807) is 0 Å². The number of anilines is 3. The number of para-hydroxylation sites is 3. The molecule has 0 N–H and O–H groups in total. The van der Waals surface area contributed by atoms with E-state index in [-0.39, 0.29) is 0 Å². The highest BCUT2D eigenvalue weighted by Crippen LogP contribution is 2.42. The Kier molecular flexibility index (Phi) is 6.56. The summed E-state index contributed by atoms with van der Waals surface area (Å²) in [6, 6.07) is 66.0. The van der Waals surface area contributed by atoms with Crippen molar-refractivity contribution >= 4 is 93.5 Å². The van der Waals surface area contributed by atoms with Gasteiger partial charge in [-0.25, -0.2) is 4.98 Å². The van der Waals surface area contributed by atoms with E-state index >= 15 is 0 Å². The minimum atomic E-state index is 0.836. The fourth-order valence-electron chi connectivity index (χ4n) is 8.44. The second-order valence-corrected chi connectivity index (χ2v) is 14.4. The van der Waals surface area contributed by atoms with Crippen LogP contribution >= 0.6 is 0 Å². The Hall–Kier alpha value is -7.63. The first kappa shape index (κ1) is 30.8. The molecule has 0 saturated carbocycles. The second kappa shape index (κ2) is 11.9. The molecular formula is C51H31N3O2. The van der Waals surface area contributed by atoms with E-state index in [4.69, 9.17) is 13.8 Å². The second-order valence-electron chi connectivity index (χ2n) is 14.4. The van der Waals surface area contributed by atoms with Gasteiger partial charge >= 0.3 is 0 Å². The number of nitrogens with zero attached hydrogens (tertiary/aromatic N) is 3. The molecule has 0 aliphatic heterocycles. The van der Waals surface area contributed by atoms with Crippen molar-refractivity contribution in [3.63, 3.8) is 0 Å². The molecule has 0 saturated heterocycles. The highest BCUT2D eigenvalue weighted by Gasteiger charge is 2.20. The largest absolute Gasteiger partial charge is 0.456 e. The summed E-state index contributed by atoms with van der Waals surface area (Å²) < 4.78 is 15.4. The summed E-state index contributed by atoms with van der Waals surface area (Å²) >= 11 is 0. The van der Waals surface area contributed by atoms with E-state index in [1.165, 1.54) is 10.8 Å².